The van der Waals surface area contributed by atoms with Gasteiger partial charge in [0.25, 0.3) is 0 Å². The second-order valence-electron chi connectivity index (χ2n) is 3.93. The largest absolute Gasteiger partial charge is 0.390 e. The third-order valence-corrected chi connectivity index (χ3v) is 3.34. The van der Waals surface area contributed by atoms with E-state index < -0.39 is 12.2 Å². The molecule has 2 unspecified atom stereocenters. The van der Waals surface area contributed by atoms with Crippen molar-refractivity contribution in [3.05, 3.63) is 35.4 Å². The maximum absolute atomic E-state index is 10.7. The lowest BCUT2D eigenvalue weighted by Crippen LogP contribution is -2.19. The van der Waals surface area contributed by atoms with Crippen molar-refractivity contribution in [3.8, 4) is 0 Å². The van der Waals surface area contributed by atoms with Gasteiger partial charge in [0.2, 0.25) is 0 Å². The minimum Gasteiger partial charge on any atom is -0.390 e. The molecule has 5 heteroatoms. The average molecular weight is 268 g/mol. The first-order chi connectivity index (χ1) is 8.54. The molecule has 0 radical (unpaired) electrons. The fourth-order valence-corrected chi connectivity index (χ4v) is 2.12. The molecule has 1 rings (SSSR count). The standard InChI is InChI=1S/C13H16O4S/c1-9(15)18-7-6-12(16)13(17)11-4-2-10(8-14)3-5-11/h2-5,8,12-13,16-17H,6-7H2,1H3. The summed E-state index contributed by atoms with van der Waals surface area (Å²) in [6.07, 6.45) is -0.867. The summed E-state index contributed by atoms with van der Waals surface area (Å²) in [5.74, 6) is 0.472. The van der Waals surface area contributed by atoms with Crippen molar-refractivity contribution in [2.24, 2.45) is 0 Å². The number of carbonyl (C=O) groups is 2. The summed E-state index contributed by atoms with van der Waals surface area (Å²) in [4.78, 5) is 21.2. The Kier molecular flexibility index (Phi) is 6.04. The van der Waals surface area contributed by atoms with Crippen molar-refractivity contribution in [3.63, 3.8) is 0 Å². The van der Waals surface area contributed by atoms with E-state index in [0.717, 1.165) is 18.0 Å². The van der Waals surface area contributed by atoms with Crippen molar-refractivity contribution < 1.29 is 19.8 Å². The van der Waals surface area contributed by atoms with E-state index in [1.807, 2.05) is 0 Å². The molecule has 0 saturated heterocycles. The van der Waals surface area contributed by atoms with Crippen LogP contribution in [-0.2, 0) is 4.79 Å². The highest BCUT2D eigenvalue weighted by Gasteiger charge is 2.18. The van der Waals surface area contributed by atoms with Gasteiger partial charge in [-0.15, -0.1) is 0 Å². The summed E-state index contributed by atoms with van der Waals surface area (Å²) in [7, 11) is 0. The Bertz CT molecular complexity index is 402. The number of rotatable bonds is 6. The molecule has 0 amide bonds. The van der Waals surface area contributed by atoms with Gasteiger partial charge in [-0.25, -0.2) is 0 Å². The maximum Gasteiger partial charge on any atom is 0.185 e. The summed E-state index contributed by atoms with van der Waals surface area (Å²) in [6.45, 7) is 1.46. The van der Waals surface area contributed by atoms with Crippen molar-refractivity contribution >= 4 is 23.2 Å². The number of aldehydes is 1. The minimum absolute atomic E-state index is 0.00738. The number of aliphatic hydroxyl groups is 2. The Balaban J connectivity index is 2.53. The molecule has 0 aromatic heterocycles. The molecule has 0 bridgehead atoms. The van der Waals surface area contributed by atoms with Gasteiger partial charge in [-0.05, 0) is 12.0 Å². The highest BCUT2D eigenvalue weighted by molar-refractivity contribution is 8.13. The van der Waals surface area contributed by atoms with Crippen molar-refractivity contribution in [1.29, 1.82) is 0 Å². The van der Waals surface area contributed by atoms with Crippen LogP contribution in [0.1, 0.15) is 35.4 Å². The van der Waals surface area contributed by atoms with Gasteiger partial charge >= 0.3 is 0 Å². The van der Waals surface area contributed by atoms with E-state index in [1.54, 1.807) is 24.3 Å². The third-order valence-electron chi connectivity index (χ3n) is 2.50. The second kappa shape index (κ2) is 7.31. The first kappa shape index (κ1) is 14.9. The number of thioether (sulfide) groups is 1. The summed E-state index contributed by atoms with van der Waals surface area (Å²) in [6, 6.07) is 6.39. The van der Waals surface area contributed by atoms with E-state index in [9.17, 15) is 19.8 Å². The Morgan fingerprint density at radius 2 is 1.94 bits per heavy atom. The molecule has 0 aliphatic carbocycles. The van der Waals surface area contributed by atoms with Crippen LogP contribution in [0.15, 0.2) is 24.3 Å². The molecule has 4 nitrogen and oxygen atoms in total. The summed E-state index contributed by atoms with van der Waals surface area (Å²) in [5, 5.41) is 19.6. The molecule has 0 aliphatic rings. The number of hydrogen-bond acceptors (Lipinski definition) is 5. The van der Waals surface area contributed by atoms with E-state index in [2.05, 4.69) is 0 Å². The Labute approximate surface area is 110 Å². The van der Waals surface area contributed by atoms with Crippen LogP contribution in [0, 0.1) is 0 Å². The number of hydrogen-bond donors (Lipinski definition) is 2. The summed E-state index contributed by atoms with van der Waals surface area (Å²) >= 11 is 1.12. The van der Waals surface area contributed by atoms with Crippen LogP contribution in [0.25, 0.3) is 0 Å². The van der Waals surface area contributed by atoms with E-state index in [1.165, 1.54) is 6.92 Å². The SMILES string of the molecule is CC(=O)SCCC(O)C(O)c1ccc(C=O)cc1. The molecule has 98 valence electrons. The first-order valence-electron chi connectivity index (χ1n) is 5.59. The van der Waals surface area contributed by atoms with Gasteiger partial charge in [-0.3, -0.25) is 9.59 Å². The molecule has 0 saturated carbocycles. The Morgan fingerprint density at radius 3 is 2.44 bits per heavy atom. The second-order valence-corrected chi connectivity index (χ2v) is 5.20. The van der Waals surface area contributed by atoms with E-state index in [0.29, 0.717) is 23.3 Å². The van der Waals surface area contributed by atoms with Crippen LogP contribution in [0.5, 0.6) is 0 Å². The predicted molar refractivity (Wildman–Crippen MR) is 70.6 cm³/mol. The fraction of sp³-hybridized carbons (Fsp3) is 0.385. The molecule has 0 spiro atoms. The lowest BCUT2D eigenvalue weighted by molar-refractivity contribution is -0.109. The van der Waals surface area contributed by atoms with Gasteiger partial charge in [-0.2, -0.15) is 0 Å². The molecule has 0 fully saturated rings. The minimum atomic E-state index is -1.00. The van der Waals surface area contributed by atoms with Gasteiger partial charge in [-0.1, -0.05) is 36.0 Å². The summed E-state index contributed by atoms with van der Waals surface area (Å²) < 4.78 is 0. The van der Waals surface area contributed by atoms with Crippen LogP contribution in [0.4, 0.5) is 0 Å². The van der Waals surface area contributed by atoms with Crippen LogP contribution in [0.2, 0.25) is 0 Å². The fourth-order valence-electron chi connectivity index (χ4n) is 1.48. The van der Waals surface area contributed by atoms with Crippen LogP contribution >= 0.6 is 11.8 Å². The topological polar surface area (TPSA) is 74.6 Å². The van der Waals surface area contributed by atoms with Gasteiger partial charge in [0.15, 0.2) is 5.12 Å². The van der Waals surface area contributed by atoms with Gasteiger partial charge in [0.05, 0.1) is 6.10 Å². The highest BCUT2D eigenvalue weighted by Crippen LogP contribution is 2.20. The summed E-state index contributed by atoms with van der Waals surface area (Å²) in [5.41, 5.74) is 1.08. The smallest absolute Gasteiger partial charge is 0.185 e. The highest BCUT2D eigenvalue weighted by atomic mass is 32.2. The van der Waals surface area contributed by atoms with Crippen molar-refractivity contribution in [1.82, 2.24) is 0 Å². The third kappa shape index (κ3) is 4.60. The Hall–Kier alpha value is -1.17. The molecular weight excluding hydrogens is 252 g/mol. The van der Waals surface area contributed by atoms with Crippen molar-refractivity contribution in [2.75, 3.05) is 5.75 Å². The molecule has 2 atom stereocenters. The van der Waals surface area contributed by atoms with Gasteiger partial charge < -0.3 is 10.2 Å². The van der Waals surface area contributed by atoms with Gasteiger partial charge in [0, 0.05) is 18.2 Å². The number of aliphatic hydroxyl groups excluding tert-OH is 2. The first-order valence-corrected chi connectivity index (χ1v) is 6.57. The van der Waals surface area contributed by atoms with Crippen molar-refractivity contribution in [2.45, 2.75) is 25.6 Å². The zero-order chi connectivity index (χ0) is 13.5. The zero-order valence-corrected chi connectivity index (χ0v) is 10.9. The quantitative estimate of drug-likeness (QED) is 0.766. The van der Waals surface area contributed by atoms with Crippen LogP contribution in [0.3, 0.4) is 0 Å². The van der Waals surface area contributed by atoms with Crippen LogP contribution in [-0.4, -0.2) is 33.5 Å². The van der Waals surface area contributed by atoms with E-state index >= 15 is 0 Å². The van der Waals surface area contributed by atoms with Crippen LogP contribution < -0.4 is 0 Å². The van der Waals surface area contributed by atoms with E-state index in [-0.39, 0.29) is 5.12 Å². The maximum atomic E-state index is 10.7. The average Bonchev–Trinajstić information content (AvgIpc) is 2.37. The molecular formula is C13H16O4S. The Morgan fingerprint density at radius 1 is 1.33 bits per heavy atom. The molecule has 0 heterocycles. The molecule has 0 aliphatic heterocycles. The molecule has 18 heavy (non-hydrogen) atoms. The number of benzene rings is 1. The molecule has 1 aromatic carbocycles. The lowest BCUT2D eigenvalue weighted by Gasteiger charge is -2.17. The predicted octanol–water partition coefficient (Wildman–Crippen LogP) is 1.56. The number of carbonyl (C=O) groups excluding carboxylic acids is 2. The normalized spacial score (nSPS) is 13.9. The monoisotopic (exact) mass is 268 g/mol. The zero-order valence-electron chi connectivity index (χ0n) is 10.1. The lowest BCUT2D eigenvalue weighted by atomic mass is 10.0. The van der Waals surface area contributed by atoms with E-state index in [4.69, 9.17) is 0 Å². The molecule has 1 aromatic rings. The molecule has 2 N–H and O–H groups in total. The van der Waals surface area contributed by atoms with Gasteiger partial charge in [0.1, 0.15) is 12.4 Å².